The zero-order valence-corrected chi connectivity index (χ0v) is 9.28. The highest BCUT2D eigenvalue weighted by Crippen LogP contribution is 2.17. The van der Waals surface area contributed by atoms with Crippen LogP contribution in [-0.2, 0) is 0 Å². The summed E-state index contributed by atoms with van der Waals surface area (Å²) in [5, 5.41) is 2.99. The second kappa shape index (κ2) is 4.27. The summed E-state index contributed by atoms with van der Waals surface area (Å²) in [4.78, 5) is 17.6. The molecule has 0 saturated heterocycles. The highest BCUT2D eigenvalue weighted by atomic mass is 79.9. The van der Waals surface area contributed by atoms with Crippen LogP contribution in [0.15, 0.2) is 45.8 Å². The van der Waals surface area contributed by atoms with Crippen molar-refractivity contribution in [2.75, 3.05) is 5.32 Å². The third-order valence-corrected chi connectivity index (χ3v) is 2.25. The van der Waals surface area contributed by atoms with Crippen LogP contribution < -0.4 is 10.9 Å². The first kappa shape index (κ1) is 9.92. The van der Waals surface area contributed by atoms with E-state index in [1.165, 1.54) is 12.3 Å². The number of halogens is 1. The molecule has 0 aliphatic carbocycles. The molecule has 0 fully saturated rings. The summed E-state index contributed by atoms with van der Waals surface area (Å²) in [6.45, 7) is 0. The van der Waals surface area contributed by atoms with Crippen LogP contribution in [-0.4, -0.2) is 9.97 Å². The Bertz CT molecular complexity index is 524. The fourth-order valence-electron chi connectivity index (χ4n) is 1.14. The largest absolute Gasteiger partial charge is 0.326 e. The number of nitrogens with one attached hydrogen (secondary N) is 2. The smallest absolute Gasteiger partial charge is 0.252 e. The molecular formula is C10H8BrN3O. The van der Waals surface area contributed by atoms with Crippen LogP contribution in [0.1, 0.15) is 0 Å². The Balaban J connectivity index is 2.26. The monoisotopic (exact) mass is 265 g/mol. The van der Waals surface area contributed by atoms with E-state index in [1.807, 2.05) is 24.3 Å². The molecule has 5 heteroatoms. The number of aromatic amines is 1. The van der Waals surface area contributed by atoms with Gasteiger partial charge in [0, 0.05) is 22.4 Å². The lowest BCUT2D eigenvalue weighted by Gasteiger charge is -2.04. The number of H-pyrrole nitrogens is 1. The number of hydrogen-bond acceptors (Lipinski definition) is 3. The Labute approximate surface area is 94.5 Å². The van der Waals surface area contributed by atoms with E-state index < -0.39 is 0 Å². The van der Waals surface area contributed by atoms with Crippen molar-refractivity contribution in [1.82, 2.24) is 9.97 Å². The molecule has 0 atom stereocenters. The maximum absolute atomic E-state index is 11.0. The first-order chi connectivity index (χ1) is 7.24. The first-order valence-corrected chi connectivity index (χ1v) is 5.11. The third-order valence-electron chi connectivity index (χ3n) is 1.76. The van der Waals surface area contributed by atoms with E-state index in [4.69, 9.17) is 0 Å². The van der Waals surface area contributed by atoms with Gasteiger partial charge in [-0.3, -0.25) is 9.78 Å². The van der Waals surface area contributed by atoms with Gasteiger partial charge in [-0.05, 0) is 18.2 Å². The highest BCUT2D eigenvalue weighted by molar-refractivity contribution is 9.10. The fraction of sp³-hybridized carbons (Fsp3) is 0. The van der Waals surface area contributed by atoms with Crippen LogP contribution in [0, 0.1) is 0 Å². The quantitative estimate of drug-likeness (QED) is 0.876. The van der Waals surface area contributed by atoms with Gasteiger partial charge >= 0.3 is 0 Å². The molecule has 0 unspecified atom stereocenters. The molecule has 0 aliphatic rings. The normalized spacial score (nSPS) is 9.93. The minimum Gasteiger partial charge on any atom is -0.326 e. The molecule has 1 heterocycles. The number of nitrogens with zero attached hydrogens (tertiary/aromatic N) is 1. The number of aromatic nitrogens is 2. The van der Waals surface area contributed by atoms with Gasteiger partial charge in [0.2, 0.25) is 5.95 Å². The molecule has 0 amide bonds. The maximum atomic E-state index is 11.0. The van der Waals surface area contributed by atoms with Crippen molar-refractivity contribution in [1.29, 1.82) is 0 Å². The zero-order chi connectivity index (χ0) is 10.7. The van der Waals surface area contributed by atoms with Crippen molar-refractivity contribution in [3.8, 4) is 0 Å². The predicted octanol–water partition coefficient (Wildman–Crippen LogP) is 2.28. The van der Waals surface area contributed by atoms with Crippen molar-refractivity contribution >= 4 is 27.6 Å². The van der Waals surface area contributed by atoms with Gasteiger partial charge in [0.15, 0.2) is 0 Å². The summed E-state index contributed by atoms with van der Waals surface area (Å²) < 4.78 is 0.964. The molecule has 76 valence electrons. The van der Waals surface area contributed by atoms with Gasteiger partial charge in [0.25, 0.3) is 5.56 Å². The van der Waals surface area contributed by atoms with E-state index in [2.05, 4.69) is 31.2 Å². The Morgan fingerprint density at radius 3 is 2.93 bits per heavy atom. The Morgan fingerprint density at radius 1 is 1.33 bits per heavy atom. The molecule has 1 aromatic carbocycles. The summed E-state index contributed by atoms with van der Waals surface area (Å²) in [7, 11) is 0. The average molecular weight is 266 g/mol. The minimum absolute atomic E-state index is 0.178. The van der Waals surface area contributed by atoms with Crippen LogP contribution in [0.5, 0.6) is 0 Å². The SMILES string of the molecule is O=c1ccnc(Nc2cccc(Br)c2)[nH]1. The topological polar surface area (TPSA) is 57.8 Å². The van der Waals surface area contributed by atoms with Crippen molar-refractivity contribution in [3.05, 3.63) is 51.4 Å². The van der Waals surface area contributed by atoms with Crippen molar-refractivity contribution in [2.45, 2.75) is 0 Å². The summed E-state index contributed by atoms with van der Waals surface area (Å²) in [6, 6.07) is 8.97. The van der Waals surface area contributed by atoms with Crippen LogP contribution in [0.25, 0.3) is 0 Å². The van der Waals surface area contributed by atoms with Crippen LogP contribution in [0.2, 0.25) is 0 Å². The summed E-state index contributed by atoms with van der Waals surface area (Å²) in [6.07, 6.45) is 1.46. The number of hydrogen-bond donors (Lipinski definition) is 2. The Hall–Kier alpha value is -1.62. The second-order valence-electron chi connectivity index (χ2n) is 2.92. The van der Waals surface area contributed by atoms with E-state index in [-0.39, 0.29) is 5.56 Å². The molecule has 1 aromatic heterocycles. The van der Waals surface area contributed by atoms with Crippen molar-refractivity contribution < 1.29 is 0 Å². The van der Waals surface area contributed by atoms with Crippen LogP contribution in [0.4, 0.5) is 11.6 Å². The average Bonchev–Trinajstić information content (AvgIpc) is 2.17. The molecule has 2 N–H and O–H groups in total. The van der Waals surface area contributed by atoms with Gasteiger partial charge in [0.1, 0.15) is 0 Å². The third kappa shape index (κ3) is 2.66. The molecule has 0 radical (unpaired) electrons. The fourth-order valence-corrected chi connectivity index (χ4v) is 1.54. The van der Waals surface area contributed by atoms with Gasteiger partial charge in [-0.25, -0.2) is 4.98 Å². The van der Waals surface area contributed by atoms with E-state index in [0.29, 0.717) is 5.95 Å². The Morgan fingerprint density at radius 2 is 2.20 bits per heavy atom. The molecule has 15 heavy (non-hydrogen) atoms. The number of benzene rings is 1. The molecular weight excluding hydrogens is 258 g/mol. The van der Waals surface area contributed by atoms with Gasteiger partial charge in [-0.2, -0.15) is 0 Å². The molecule has 2 rings (SSSR count). The molecule has 0 saturated carbocycles. The summed E-state index contributed by atoms with van der Waals surface area (Å²) >= 11 is 3.36. The van der Waals surface area contributed by atoms with E-state index in [0.717, 1.165) is 10.2 Å². The van der Waals surface area contributed by atoms with Crippen LogP contribution in [0.3, 0.4) is 0 Å². The lowest BCUT2D eigenvalue weighted by atomic mass is 10.3. The molecule has 2 aromatic rings. The standard InChI is InChI=1S/C10H8BrN3O/c11-7-2-1-3-8(6-7)13-10-12-5-4-9(15)14-10/h1-6H,(H2,12,13,14,15). The zero-order valence-electron chi connectivity index (χ0n) is 7.70. The van der Waals surface area contributed by atoms with E-state index >= 15 is 0 Å². The van der Waals surface area contributed by atoms with E-state index in [1.54, 1.807) is 0 Å². The second-order valence-corrected chi connectivity index (χ2v) is 3.83. The molecule has 4 nitrogen and oxygen atoms in total. The van der Waals surface area contributed by atoms with E-state index in [9.17, 15) is 4.79 Å². The van der Waals surface area contributed by atoms with Crippen molar-refractivity contribution in [2.24, 2.45) is 0 Å². The Kier molecular flexibility index (Phi) is 2.82. The summed E-state index contributed by atoms with van der Waals surface area (Å²) in [5.41, 5.74) is 0.682. The minimum atomic E-state index is -0.178. The van der Waals surface area contributed by atoms with Crippen LogP contribution >= 0.6 is 15.9 Å². The van der Waals surface area contributed by atoms with Crippen molar-refractivity contribution in [3.63, 3.8) is 0 Å². The lowest BCUT2D eigenvalue weighted by Crippen LogP contribution is -2.08. The predicted molar refractivity (Wildman–Crippen MR) is 62.3 cm³/mol. The highest BCUT2D eigenvalue weighted by Gasteiger charge is 1.96. The number of rotatable bonds is 2. The number of anilines is 2. The van der Waals surface area contributed by atoms with Gasteiger partial charge in [-0.15, -0.1) is 0 Å². The molecule has 0 aliphatic heterocycles. The maximum Gasteiger partial charge on any atom is 0.252 e. The van der Waals surface area contributed by atoms with Gasteiger partial charge in [-0.1, -0.05) is 22.0 Å². The first-order valence-electron chi connectivity index (χ1n) is 4.32. The van der Waals surface area contributed by atoms with Gasteiger partial charge < -0.3 is 5.32 Å². The molecule has 0 spiro atoms. The van der Waals surface area contributed by atoms with Gasteiger partial charge in [0.05, 0.1) is 0 Å². The summed E-state index contributed by atoms with van der Waals surface area (Å²) in [5.74, 6) is 0.431. The molecule has 0 bridgehead atoms. The lowest BCUT2D eigenvalue weighted by molar-refractivity contribution is 1.12.